The van der Waals surface area contributed by atoms with Crippen LogP contribution >= 0.6 is 0 Å². The van der Waals surface area contributed by atoms with Crippen LogP contribution in [0.5, 0.6) is 0 Å². The van der Waals surface area contributed by atoms with E-state index in [0.717, 1.165) is 0 Å². The summed E-state index contributed by atoms with van der Waals surface area (Å²) in [5, 5.41) is 0. The Morgan fingerprint density at radius 2 is 1.11 bits per heavy atom. The topological polar surface area (TPSA) is 0 Å². The van der Waals surface area contributed by atoms with Gasteiger partial charge in [-0.15, -0.1) is 34.9 Å². The smallest absolute Gasteiger partial charge is 1.00 e. The molecule has 19 heavy (non-hydrogen) atoms. The minimum Gasteiger partial charge on any atom is -1.00 e. The Bertz CT molecular complexity index is 551. The van der Waals surface area contributed by atoms with E-state index in [2.05, 4.69) is 54.6 Å². The van der Waals surface area contributed by atoms with Crippen molar-refractivity contribution in [1.29, 1.82) is 0 Å². The van der Waals surface area contributed by atoms with Crippen molar-refractivity contribution in [2.75, 3.05) is 0 Å². The van der Waals surface area contributed by atoms with E-state index in [9.17, 15) is 0 Å². The molecule has 0 fully saturated rings. The third-order valence-electron chi connectivity index (χ3n) is 2.73. The van der Waals surface area contributed by atoms with Gasteiger partial charge in [0.25, 0.3) is 0 Å². The fraction of sp³-hybridized carbons (Fsp3) is 0. The van der Waals surface area contributed by atoms with Gasteiger partial charge >= 0.3 is 26.2 Å². The first-order valence-corrected chi connectivity index (χ1v) is 5.40. The summed E-state index contributed by atoms with van der Waals surface area (Å²) in [6, 6.07) is 26.4. The molecule has 0 nitrogen and oxygen atoms in total. The Hall–Kier alpha value is -0.617. The molecule has 93 valence electrons. The van der Waals surface area contributed by atoms with Crippen LogP contribution in [0.25, 0.3) is 22.3 Å². The van der Waals surface area contributed by atoms with Gasteiger partial charge in [0, 0.05) is 0 Å². The number of fused-ring (bicyclic) bond motifs is 1. The first-order chi connectivity index (χ1) is 7.93. The van der Waals surface area contributed by atoms with Crippen molar-refractivity contribution in [2.45, 2.75) is 0 Å². The van der Waals surface area contributed by atoms with Crippen LogP contribution in [-0.4, -0.2) is 0 Å². The molecule has 0 N–H and O–H groups in total. The normalized spacial score (nSPS) is 8.84. The molecule has 1 aromatic rings. The minimum absolute atomic E-state index is 0. The number of rotatable bonds is 1. The van der Waals surface area contributed by atoms with Crippen LogP contribution in [0, 0.1) is 6.07 Å². The minimum atomic E-state index is 0. The monoisotopic (exact) mass is 363 g/mol. The molecule has 0 bridgehead atoms. The molecule has 0 saturated heterocycles. The molecule has 0 unspecified atom stereocenters. The van der Waals surface area contributed by atoms with Crippen LogP contribution < -0.4 is 24.8 Å². The Morgan fingerprint density at radius 1 is 0.579 bits per heavy atom. The summed E-state index contributed by atoms with van der Waals surface area (Å²) < 4.78 is 0. The molecule has 3 heteroatoms. The fourth-order valence-electron chi connectivity index (χ4n) is 1.91. The second-order valence-corrected chi connectivity index (χ2v) is 3.83. The summed E-state index contributed by atoms with van der Waals surface area (Å²) in [7, 11) is 0. The number of hydrogen-bond acceptors (Lipinski definition) is 0. The molecule has 1 radical (unpaired) electrons. The third-order valence-corrected chi connectivity index (χ3v) is 2.73. The number of benzene rings is 1. The molecular weight excluding hydrogens is 354 g/mol. The second-order valence-electron chi connectivity index (χ2n) is 3.83. The van der Waals surface area contributed by atoms with Crippen molar-refractivity contribution < 1.29 is 51.0 Å². The summed E-state index contributed by atoms with van der Waals surface area (Å²) >= 11 is 0. The summed E-state index contributed by atoms with van der Waals surface area (Å²) in [5.74, 6) is 0. The molecule has 3 rings (SSSR count). The molecule has 0 atom stereocenters. The first kappa shape index (κ1) is 18.4. The van der Waals surface area contributed by atoms with E-state index in [0.29, 0.717) is 0 Å². The molecule has 0 amide bonds. The Balaban J connectivity index is 0.00000108. The Morgan fingerprint density at radius 3 is 1.74 bits per heavy atom. The van der Waals surface area contributed by atoms with E-state index in [-0.39, 0.29) is 51.0 Å². The molecule has 2 aliphatic rings. The molecule has 0 saturated carbocycles. The molecule has 0 aliphatic heterocycles. The van der Waals surface area contributed by atoms with Gasteiger partial charge in [0.05, 0.1) is 0 Å². The average Bonchev–Trinajstić information content (AvgIpc) is 2.62. The quantitative estimate of drug-likeness (QED) is 0.450. The van der Waals surface area contributed by atoms with E-state index in [1.54, 1.807) is 0 Å². The maximum Gasteiger partial charge on any atom is 3.00 e. The zero-order valence-corrected chi connectivity index (χ0v) is 14.1. The van der Waals surface area contributed by atoms with Crippen LogP contribution in [0.3, 0.4) is 0 Å². The van der Waals surface area contributed by atoms with Crippen LogP contribution in [0.15, 0.2) is 66.7 Å². The average molecular weight is 365 g/mol. The van der Waals surface area contributed by atoms with Crippen LogP contribution in [0.1, 0.15) is 0 Å². The molecule has 1 aromatic carbocycles. The largest absolute Gasteiger partial charge is 3.00 e. The van der Waals surface area contributed by atoms with Gasteiger partial charge in [0.1, 0.15) is 0 Å². The molecule has 0 spiro atoms. The predicted octanol–water partition coefficient (Wildman–Crippen LogP) is -1.74. The van der Waals surface area contributed by atoms with Crippen molar-refractivity contribution in [3.05, 3.63) is 72.8 Å². The second kappa shape index (κ2) is 8.53. The predicted molar refractivity (Wildman–Crippen MR) is 67.3 cm³/mol. The van der Waals surface area contributed by atoms with Crippen molar-refractivity contribution in [3.63, 3.8) is 0 Å². The van der Waals surface area contributed by atoms with E-state index in [1.165, 1.54) is 22.3 Å². The van der Waals surface area contributed by atoms with Crippen LogP contribution in [0.4, 0.5) is 0 Å². The summed E-state index contributed by atoms with van der Waals surface area (Å²) in [5.41, 5.74) is 4.80. The fourth-order valence-corrected chi connectivity index (χ4v) is 1.91. The summed E-state index contributed by atoms with van der Waals surface area (Å²) in [4.78, 5) is 0. The van der Waals surface area contributed by atoms with Crippen molar-refractivity contribution in [3.8, 4) is 22.3 Å². The van der Waals surface area contributed by atoms with Gasteiger partial charge in [-0.05, 0) is 0 Å². The Kier molecular flexibility index (Phi) is 8.26. The first-order valence-electron chi connectivity index (χ1n) is 5.40. The summed E-state index contributed by atoms with van der Waals surface area (Å²) in [6.07, 6.45) is 0. The van der Waals surface area contributed by atoms with E-state index in [1.807, 2.05) is 18.2 Å². The Labute approximate surface area is 145 Å². The van der Waals surface area contributed by atoms with E-state index >= 15 is 0 Å². The zero-order valence-electron chi connectivity index (χ0n) is 10.1. The van der Waals surface area contributed by atoms with E-state index < -0.39 is 0 Å². The van der Waals surface area contributed by atoms with Gasteiger partial charge in [-0.25, -0.2) is 0 Å². The van der Waals surface area contributed by atoms with Gasteiger partial charge in [-0.3, -0.25) is 0 Å². The maximum absolute atomic E-state index is 3.43. The third kappa shape index (κ3) is 4.18. The van der Waals surface area contributed by atoms with Crippen molar-refractivity contribution >= 4 is 0 Å². The van der Waals surface area contributed by atoms with Gasteiger partial charge in [-0.2, -0.15) is 0 Å². The van der Waals surface area contributed by atoms with Gasteiger partial charge in [0.2, 0.25) is 0 Å². The SMILES string of the molecule is [Cl-].[Cl-].[Zr+3].[c-]1c2cccccc-2cc1-c1ccccc1. The number of halogens is 2. The number of hydrogen-bond donors (Lipinski definition) is 0. The maximum atomic E-state index is 3.43. The van der Waals surface area contributed by atoms with Crippen molar-refractivity contribution in [2.24, 2.45) is 0 Å². The van der Waals surface area contributed by atoms with Gasteiger partial charge in [0.15, 0.2) is 0 Å². The standard InChI is InChI=1S/C16H11.2ClH.Zr/c1-3-7-13(8-4-1)16-11-14-9-5-2-6-10-15(14)12-16;;;/h1-11H;2*1H;/q-1;;;+3/p-2. The van der Waals surface area contributed by atoms with Crippen LogP contribution in [-0.2, 0) is 26.2 Å². The molecule has 0 heterocycles. The zero-order chi connectivity index (χ0) is 10.8. The summed E-state index contributed by atoms with van der Waals surface area (Å²) in [6.45, 7) is 0. The molecule has 0 aromatic heterocycles. The van der Waals surface area contributed by atoms with Crippen LogP contribution in [0.2, 0.25) is 0 Å². The van der Waals surface area contributed by atoms with Gasteiger partial charge < -0.3 is 24.8 Å². The van der Waals surface area contributed by atoms with Gasteiger partial charge in [-0.1, -0.05) is 60.2 Å². The molecule has 2 aliphatic carbocycles. The van der Waals surface area contributed by atoms with E-state index in [4.69, 9.17) is 0 Å². The van der Waals surface area contributed by atoms with Crippen molar-refractivity contribution in [1.82, 2.24) is 0 Å². The molecular formula is C16H11Cl2Zr.